The van der Waals surface area contributed by atoms with Crippen molar-refractivity contribution in [2.75, 3.05) is 0 Å². The van der Waals surface area contributed by atoms with E-state index in [0.717, 1.165) is 34.7 Å². The Morgan fingerprint density at radius 1 is 0.625 bits per heavy atom. The van der Waals surface area contributed by atoms with Crippen molar-refractivity contribution in [3.63, 3.8) is 0 Å². The molecule has 0 spiro atoms. The van der Waals surface area contributed by atoms with E-state index in [2.05, 4.69) is 31.7 Å². The Labute approximate surface area is 237 Å². The van der Waals surface area contributed by atoms with Crippen molar-refractivity contribution in [2.24, 2.45) is 10.2 Å². The molecule has 4 N–H and O–H groups in total. The highest BCUT2D eigenvalue weighted by Crippen LogP contribution is 2.26. The topological polar surface area (TPSA) is 141 Å². The first-order chi connectivity index (χ1) is 19.4. The van der Waals surface area contributed by atoms with E-state index in [9.17, 15) is 19.2 Å². The SMILES string of the molecule is O=C1N/C(=N\NC(=O)c2cccc(C(=O)N/N=C3\NC(=O)/C(=C\c4ccccc4)S3)c2)S/C1=C/c1ccccc1. The molecule has 0 aromatic heterocycles. The summed E-state index contributed by atoms with van der Waals surface area (Å²) in [6.45, 7) is 0. The predicted molar refractivity (Wildman–Crippen MR) is 157 cm³/mol. The van der Waals surface area contributed by atoms with Gasteiger partial charge in [0.2, 0.25) is 0 Å². The summed E-state index contributed by atoms with van der Waals surface area (Å²) in [5.74, 6) is -1.78. The third-order valence-corrected chi connectivity index (χ3v) is 7.22. The Balaban J connectivity index is 1.18. The fourth-order valence-corrected chi connectivity index (χ4v) is 5.06. The molecule has 4 amide bonds. The normalized spacial score (nSPS) is 18.7. The van der Waals surface area contributed by atoms with Gasteiger partial charge in [0.25, 0.3) is 23.6 Å². The zero-order valence-electron chi connectivity index (χ0n) is 20.6. The Morgan fingerprint density at radius 3 is 1.48 bits per heavy atom. The first-order valence-corrected chi connectivity index (χ1v) is 13.5. The average molecular weight is 569 g/mol. The van der Waals surface area contributed by atoms with Crippen molar-refractivity contribution in [1.82, 2.24) is 21.5 Å². The van der Waals surface area contributed by atoms with Crippen LogP contribution in [0.5, 0.6) is 0 Å². The third-order valence-electron chi connectivity index (χ3n) is 5.40. The van der Waals surface area contributed by atoms with Crippen molar-refractivity contribution in [3.8, 4) is 0 Å². The third kappa shape index (κ3) is 6.73. The van der Waals surface area contributed by atoms with Crippen LogP contribution in [0.4, 0.5) is 0 Å². The molecule has 2 fully saturated rings. The smallest absolute Gasteiger partial charge is 0.271 e. The van der Waals surface area contributed by atoms with Gasteiger partial charge < -0.3 is 0 Å². The molecule has 40 heavy (non-hydrogen) atoms. The number of nitrogens with zero attached hydrogens (tertiary/aromatic N) is 2. The van der Waals surface area contributed by atoms with Gasteiger partial charge in [-0.25, -0.2) is 10.9 Å². The minimum absolute atomic E-state index is 0.177. The molecular formula is C28H20N6O4S2. The summed E-state index contributed by atoms with van der Waals surface area (Å²) in [5.41, 5.74) is 6.86. The number of amides is 4. The lowest BCUT2D eigenvalue weighted by Crippen LogP contribution is -2.26. The van der Waals surface area contributed by atoms with Gasteiger partial charge >= 0.3 is 0 Å². The van der Waals surface area contributed by atoms with E-state index in [-0.39, 0.29) is 33.3 Å². The summed E-state index contributed by atoms with van der Waals surface area (Å²) in [4.78, 5) is 50.6. The maximum absolute atomic E-state index is 12.6. The lowest BCUT2D eigenvalue weighted by molar-refractivity contribution is -0.116. The van der Waals surface area contributed by atoms with Gasteiger partial charge in [0, 0.05) is 11.1 Å². The molecule has 0 saturated carbocycles. The second-order valence-corrected chi connectivity index (χ2v) is 10.3. The van der Waals surface area contributed by atoms with Crippen LogP contribution >= 0.6 is 23.5 Å². The number of rotatable bonds is 6. The number of hydrogen-bond donors (Lipinski definition) is 4. The number of carbonyl (C=O) groups is 4. The first-order valence-electron chi connectivity index (χ1n) is 11.8. The highest BCUT2D eigenvalue weighted by molar-refractivity contribution is 8.19. The number of nitrogens with one attached hydrogen (secondary N) is 4. The molecule has 12 heteroatoms. The summed E-state index contributed by atoms with van der Waals surface area (Å²) < 4.78 is 0. The number of benzene rings is 3. The minimum atomic E-state index is -0.571. The van der Waals surface area contributed by atoms with Gasteiger partial charge in [-0.1, -0.05) is 66.7 Å². The molecule has 0 bridgehead atoms. The Kier molecular flexibility index (Phi) is 8.18. The molecular weight excluding hydrogens is 548 g/mol. The molecule has 2 aliphatic rings. The predicted octanol–water partition coefficient (Wildman–Crippen LogP) is 3.50. The van der Waals surface area contributed by atoms with E-state index < -0.39 is 11.8 Å². The van der Waals surface area contributed by atoms with Gasteiger partial charge in [-0.3, -0.25) is 29.8 Å². The molecule has 198 valence electrons. The van der Waals surface area contributed by atoms with E-state index in [1.165, 1.54) is 18.2 Å². The molecule has 0 unspecified atom stereocenters. The van der Waals surface area contributed by atoms with Gasteiger partial charge in [-0.2, -0.15) is 0 Å². The van der Waals surface area contributed by atoms with E-state index in [0.29, 0.717) is 9.81 Å². The first kappa shape index (κ1) is 26.7. The van der Waals surface area contributed by atoms with Crippen LogP contribution in [0.2, 0.25) is 0 Å². The van der Waals surface area contributed by atoms with Crippen molar-refractivity contribution < 1.29 is 19.2 Å². The average Bonchev–Trinajstić information content (AvgIpc) is 3.51. The molecule has 2 aliphatic heterocycles. The summed E-state index contributed by atoms with van der Waals surface area (Å²) in [5, 5.41) is 13.6. The highest BCUT2D eigenvalue weighted by atomic mass is 32.2. The van der Waals surface area contributed by atoms with Crippen LogP contribution in [-0.2, 0) is 9.59 Å². The van der Waals surface area contributed by atoms with Crippen LogP contribution in [0, 0.1) is 0 Å². The number of thioether (sulfide) groups is 2. The van der Waals surface area contributed by atoms with E-state index in [4.69, 9.17) is 0 Å². The second kappa shape index (κ2) is 12.3. The zero-order chi connectivity index (χ0) is 27.9. The maximum Gasteiger partial charge on any atom is 0.271 e. The van der Waals surface area contributed by atoms with Crippen LogP contribution in [0.3, 0.4) is 0 Å². The van der Waals surface area contributed by atoms with Gasteiger partial charge in [-0.05, 0) is 65.0 Å². The monoisotopic (exact) mass is 568 g/mol. The number of carbonyl (C=O) groups excluding carboxylic acids is 4. The van der Waals surface area contributed by atoms with Crippen LogP contribution in [0.15, 0.2) is 105 Å². The molecule has 2 saturated heterocycles. The number of hydrogen-bond acceptors (Lipinski definition) is 8. The zero-order valence-corrected chi connectivity index (χ0v) is 22.2. The van der Waals surface area contributed by atoms with E-state index in [1.54, 1.807) is 18.2 Å². The van der Waals surface area contributed by atoms with Crippen molar-refractivity contribution in [1.29, 1.82) is 0 Å². The van der Waals surface area contributed by atoms with Crippen LogP contribution in [-0.4, -0.2) is 34.0 Å². The lowest BCUT2D eigenvalue weighted by Gasteiger charge is -2.04. The van der Waals surface area contributed by atoms with Crippen LogP contribution in [0.25, 0.3) is 12.2 Å². The number of amidine groups is 2. The Morgan fingerprint density at radius 2 is 1.05 bits per heavy atom. The molecule has 2 heterocycles. The van der Waals surface area contributed by atoms with E-state index >= 15 is 0 Å². The van der Waals surface area contributed by atoms with E-state index in [1.807, 2.05) is 60.7 Å². The minimum Gasteiger partial charge on any atom is -0.299 e. The molecule has 0 atom stereocenters. The summed E-state index contributed by atoms with van der Waals surface area (Å²) in [6.07, 6.45) is 3.46. The Hall–Kier alpha value is -4.94. The van der Waals surface area contributed by atoms with Gasteiger partial charge in [-0.15, -0.1) is 10.2 Å². The summed E-state index contributed by atoms with van der Waals surface area (Å²) in [7, 11) is 0. The lowest BCUT2D eigenvalue weighted by atomic mass is 10.1. The molecule has 3 aromatic rings. The van der Waals surface area contributed by atoms with Gasteiger partial charge in [0.05, 0.1) is 9.81 Å². The summed E-state index contributed by atoms with van der Waals surface area (Å²) in [6, 6.07) is 24.7. The van der Waals surface area contributed by atoms with Gasteiger partial charge in [0.15, 0.2) is 10.3 Å². The second-order valence-electron chi connectivity index (χ2n) is 8.25. The summed E-state index contributed by atoms with van der Waals surface area (Å²) >= 11 is 2.20. The Bertz CT molecular complexity index is 1500. The largest absolute Gasteiger partial charge is 0.299 e. The fourth-order valence-electron chi connectivity index (χ4n) is 3.50. The van der Waals surface area contributed by atoms with Crippen molar-refractivity contribution in [2.45, 2.75) is 0 Å². The van der Waals surface area contributed by atoms with Crippen molar-refractivity contribution in [3.05, 3.63) is 117 Å². The molecule has 3 aromatic carbocycles. The molecule has 0 aliphatic carbocycles. The molecule has 5 rings (SSSR count). The number of hydrazone groups is 2. The highest BCUT2D eigenvalue weighted by Gasteiger charge is 2.25. The molecule has 10 nitrogen and oxygen atoms in total. The fraction of sp³-hybridized carbons (Fsp3) is 0. The van der Waals surface area contributed by atoms with Crippen molar-refractivity contribution >= 4 is 69.6 Å². The standard InChI is InChI=1S/C28H20N6O4S2/c35-23(31-33-27-29-25(37)21(39-27)14-17-8-3-1-4-9-17)19-12-7-13-20(16-19)24(36)32-34-28-30-26(38)22(40-28)15-18-10-5-2-6-11-18/h1-16H,(H,31,35)(H,32,36)(H,29,33,37)(H,30,34,38)/b21-14+,22-15+. The van der Waals surface area contributed by atoms with Crippen LogP contribution in [0.1, 0.15) is 31.8 Å². The van der Waals surface area contributed by atoms with Crippen LogP contribution < -0.4 is 21.5 Å². The maximum atomic E-state index is 12.6. The molecule has 0 radical (unpaired) electrons. The van der Waals surface area contributed by atoms with Gasteiger partial charge in [0.1, 0.15) is 0 Å². The quantitative estimate of drug-likeness (QED) is 0.265.